The Morgan fingerprint density at radius 2 is 1.82 bits per heavy atom. The van der Waals surface area contributed by atoms with Crippen molar-refractivity contribution in [2.24, 2.45) is 0 Å². The first kappa shape index (κ1) is 22.2. The highest BCUT2D eigenvalue weighted by atomic mass is 16.5. The van der Waals surface area contributed by atoms with Crippen molar-refractivity contribution in [3.63, 3.8) is 0 Å². The molecule has 1 amide bonds. The second-order valence-electron chi connectivity index (χ2n) is 8.18. The van der Waals surface area contributed by atoms with Gasteiger partial charge in [-0.15, -0.1) is 0 Å². The van der Waals surface area contributed by atoms with Crippen LogP contribution in [0.25, 0.3) is 11.3 Å². The van der Waals surface area contributed by atoms with E-state index in [0.717, 1.165) is 17.7 Å². The topological polar surface area (TPSA) is 89.2 Å². The van der Waals surface area contributed by atoms with Gasteiger partial charge in [-0.1, -0.05) is 30.3 Å². The number of para-hydroxylation sites is 1. The number of hydrogen-bond acceptors (Lipinski definition) is 5. The van der Waals surface area contributed by atoms with Crippen LogP contribution >= 0.6 is 0 Å². The fraction of sp³-hybridized carbons (Fsp3) is 0.333. The van der Waals surface area contributed by atoms with Crippen LogP contribution in [-0.2, 0) is 16.1 Å². The van der Waals surface area contributed by atoms with E-state index in [1.54, 1.807) is 35.4 Å². The SMILES string of the molecule is [2H]C(c1ccccc1OCCCCCC(=O)O)N(C(=O)c1ccc(-c2ccco2)cc1)C1COC1. The van der Waals surface area contributed by atoms with E-state index in [2.05, 4.69) is 0 Å². The fourth-order valence-electron chi connectivity index (χ4n) is 3.69. The van der Waals surface area contributed by atoms with Gasteiger partial charge in [0.05, 0.1) is 40.0 Å². The first-order valence-corrected chi connectivity index (χ1v) is 11.4. The van der Waals surface area contributed by atoms with Crippen LogP contribution in [0.5, 0.6) is 5.75 Å². The molecule has 1 aromatic heterocycles. The first-order chi connectivity index (χ1) is 17.0. The summed E-state index contributed by atoms with van der Waals surface area (Å²) in [5, 5.41) is 8.75. The number of ether oxygens (including phenoxy) is 2. The predicted octanol–water partition coefficient (Wildman–Crippen LogP) is 5.01. The number of unbranched alkanes of at least 4 members (excludes halogenated alkanes) is 2. The Hall–Kier alpha value is -3.58. The number of carboxylic acid groups (broad SMARTS) is 1. The molecule has 1 N–H and O–H groups in total. The van der Waals surface area contributed by atoms with Gasteiger partial charge in [0.2, 0.25) is 0 Å². The van der Waals surface area contributed by atoms with Crippen LogP contribution in [-0.4, -0.2) is 47.7 Å². The van der Waals surface area contributed by atoms with Crippen molar-refractivity contribution in [1.82, 2.24) is 4.90 Å². The molecule has 1 unspecified atom stereocenters. The summed E-state index contributed by atoms with van der Waals surface area (Å²) in [4.78, 5) is 25.7. The molecule has 3 aromatic rings. The number of amides is 1. The zero-order valence-electron chi connectivity index (χ0n) is 19.9. The normalized spacial score (nSPS) is 14.6. The summed E-state index contributed by atoms with van der Waals surface area (Å²) in [6, 6.07) is 17.9. The van der Waals surface area contributed by atoms with E-state index in [-0.39, 0.29) is 18.4 Å². The largest absolute Gasteiger partial charge is 0.493 e. The van der Waals surface area contributed by atoms with E-state index in [0.29, 0.717) is 49.5 Å². The van der Waals surface area contributed by atoms with Crippen LogP contribution in [0.15, 0.2) is 71.3 Å². The van der Waals surface area contributed by atoms with Crippen molar-refractivity contribution < 1.29 is 30.0 Å². The van der Waals surface area contributed by atoms with Gasteiger partial charge < -0.3 is 23.9 Å². The van der Waals surface area contributed by atoms with Crippen LogP contribution in [0.2, 0.25) is 0 Å². The second kappa shape index (κ2) is 11.5. The molecule has 0 spiro atoms. The third-order valence-electron chi connectivity index (χ3n) is 5.68. The van der Waals surface area contributed by atoms with Gasteiger partial charge >= 0.3 is 5.97 Å². The minimum Gasteiger partial charge on any atom is -0.493 e. The van der Waals surface area contributed by atoms with E-state index in [1.165, 1.54) is 0 Å². The molecule has 7 nitrogen and oxygen atoms in total. The summed E-state index contributed by atoms with van der Waals surface area (Å²) in [5.41, 5.74) is 1.96. The van der Waals surface area contributed by atoms with Crippen LogP contribution in [0, 0.1) is 0 Å². The van der Waals surface area contributed by atoms with Gasteiger partial charge in [0.1, 0.15) is 11.5 Å². The third kappa shape index (κ3) is 6.05. The highest BCUT2D eigenvalue weighted by Crippen LogP contribution is 2.26. The Kier molecular flexibility index (Phi) is 7.53. The van der Waals surface area contributed by atoms with Crippen LogP contribution in [0.3, 0.4) is 0 Å². The summed E-state index contributed by atoms with van der Waals surface area (Å²) in [6.45, 7) is 0.221. The van der Waals surface area contributed by atoms with Crippen molar-refractivity contribution in [3.05, 3.63) is 78.1 Å². The molecular weight excluding hydrogens is 434 g/mol. The van der Waals surface area contributed by atoms with Gasteiger partial charge in [0.25, 0.3) is 5.91 Å². The lowest BCUT2D eigenvalue weighted by atomic mass is 10.1. The van der Waals surface area contributed by atoms with Crippen LogP contribution in [0.1, 0.15) is 43.0 Å². The average Bonchev–Trinajstić information content (AvgIpc) is 3.38. The molecule has 7 heteroatoms. The Labute approximate surface area is 200 Å². The molecule has 34 heavy (non-hydrogen) atoms. The number of aliphatic carboxylic acids is 1. The zero-order chi connectivity index (χ0) is 24.6. The lowest BCUT2D eigenvalue weighted by molar-refractivity contribution is -0.137. The van der Waals surface area contributed by atoms with E-state index in [1.807, 2.05) is 36.4 Å². The maximum Gasteiger partial charge on any atom is 0.303 e. The number of carbonyl (C=O) groups is 2. The van der Waals surface area contributed by atoms with Gasteiger partial charge in [0.15, 0.2) is 0 Å². The third-order valence-corrected chi connectivity index (χ3v) is 5.68. The summed E-state index contributed by atoms with van der Waals surface area (Å²) in [5.74, 6) is 0.235. The molecule has 0 radical (unpaired) electrons. The molecule has 0 aliphatic carbocycles. The minimum absolute atomic E-state index is 0.147. The highest BCUT2D eigenvalue weighted by Gasteiger charge is 2.31. The molecule has 1 aliphatic rings. The number of furan rings is 1. The molecule has 0 saturated carbocycles. The van der Waals surface area contributed by atoms with E-state index >= 15 is 0 Å². The molecule has 0 bridgehead atoms. The van der Waals surface area contributed by atoms with Gasteiger partial charge in [-0.2, -0.15) is 0 Å². The van der Waals surface area contributed by atoms with Crippen LogP contribution < -0.4 is 4.74 Å². The average molecular weight is 465 g/mol. The van der Waals surface area contributed by atoms with Crippen molar-refractivity contribution in [3.8, 4) is 17.1 Å². The molecule has 1 atom stereocenters. The van der Waals surface area contributed by atoms with Crippen LogP contribution in [0.4, 0.5) is 0 Å². The highest BCUT2D eigenvalue weighted by molar-refractivity contribution is 5.95. The number of carboxylic acids is 1. The Morgan fingerprint density at radius 3 is 2.50 bits per heavy atom. The molecule has 2 heterocycles. The van der Waals surface area contributed by atoms with Gasteiger partial charge in [0, 0.05) is 23.1 Å². The molecule has 2 aromatic carbocycles. The van der Waals surface area contributed by atoms with Crippen molar-refractivity contribution in [2.75, 3.05) is 19.8 Å². The van der Waals surface area contributed by atoms with Gasteiger partial charge in [-0.3, -0.25) is 9.59 Å². The van der Waals surface area contributed by atoms with Crippen molar-refractivity contribution >= 4 is 11.9 Å². The maximum atomic E-state index is 13.5. The number of rotatable bonds is 12. The van der Waals surface area contributed by atoms with Gasteiger partial charge in [-0.25, -0.2) is 0 Å². The lowest BCUT2D eigenvalue weighted by Gasteiger charge is -2.37. The van der Waals surface area contributed by atoms with E-state index in [4.69, 9.17) is 20.4 Å². The second-order valence-corrected chi connectivity index (χ2v) is 8.18. The predicted molar refractivity (Wildman–Crippen MR) is 127 cm³/mol. The minimum atomic E-state index is -0.968. The monoisotopic (exact) mass is 464 g/mol. The molecule has 178 valence electrons. The number of carbonyl (C=O) groups excluding carboxylic acids is 1. The molecule has 1 aliphatic heterocycles. The van der Waals surface area contributed by atoms with Gasteiger partial charge in [-0.05, 0) is 49.6 Å². The quantitative estimate of drug-likeness (QED) is 0.379. The molecule has 1 saturated heterocycles. The summed E-state index contributed by atoms with van der Waals surface area (Å²) in [7, 11) is 0. The zero-order valence-corrected chi connectivity index (χ0v) is 18.9. The Balaban J connectivity index is 1.47. The molecule has 1 fully saturated rings. The smallest absolute Gasteiger partial charge is 0.303 e. The summed E-state index contributed by atoms with van der Waals surface area (Å²) < 4.78 is 25.7. The summed E-state index contributed by atoms with van der Waals surface area (Å²) in [6.07, 6.45) is 3.81. The number of benzene rings is 2. The maximum absolute atomic E-state index is 13.5. The Morgan fingerprint density at radius 1 is 1.03 bits per heavy atom. The van der Waals surface area contributed by atoms with E-state index < -0.39 is 12.5 Å². The Bertz CT molecular complexity index is 1110. The fourth-order valence-corrected chi connectivity index (χ4v) is 3.69. The lowest BCUT2D eigenvalue weighted by Crippen LogP contribution is -2.51. The van der Waals surface area contributed by atoms with E-state index in [9.17, 15) is 9.59 Å². The standard InChI is InChI=1S/C27H29NO6/c29-26(30)10-2-1-5-15-33-25-8-4-3-7-22(25)17-28(23-18-32-19-23)27(31)21-13-11-20(12-14-21)24-9-6-16-34-24/h3-4,6-9,11-14,16,23H,1-2,5,10,15,17-19H2,(H,29,30)/i17D. The first-order valence-electron chi connectivity index (χ1n) is 12.0. The number of nitrogens with zero attached hydrogens (tertiary/aromatic N) is 1. The summed E-state index contributed by atoms with van der Waals surface area (Å²) >= 11 is 0. The number of hydrogen-bond donors (Lipinski definition) is 1. The molecule has 4 rings (SSSR count). The molecular formula is C27H29NO6. The van der Waals surface area contributed by atoms with Crippen molar-refractivity contribution in [2.45, 2.75) is 38.2 Å². The van der Waals surface area contributed by atoms with Crippen molar-refractivity contribution in [1.29, 1.82) is 0 Å².